The molecule has 1 heterocycles. The highest BCUT2D eigenvalue weighted by Crippen LogP contribution is 2.31. The van der Waals surface area contributed by atoms with Gasteiger partial charge in [-0.25, -0.2) is 0 Å². The van der Waals surface area contributed by atoms with Gasteiger partial charge >= 0.3 is 0 Å². The van der Waals surface area contributed by atoms with Gasteiger partial charge in [-0.15, -0.1) is 0 Å². The van der Waals surface area contributed by atoms with Crippen LogP contribution in [0.4, 0.5) is 5.69 Å². The average Bonchev–Trinajstić information content (AvgIpc) is 2.03. The monoisotopic (exact) mass is 227 g/mol. The van der Waals surface area contributed by atoms with Crippen LogP contribution in [0.2, 0.25) is 0 Å². The lowest BCUT2D eigenvalue weighted by molar-refractivity contribution is 0.226. The van der Waals surface area contributed by atoms with Gasteiger partial charge in [0.15, 0.2) is 0 Å². The van der Waals surface area contributed by atoms with E-state index in [0.29, 0.717) is 0 Å². The summed E-state index contributed by atoms with van der Waals surface area (Å²) < 4.78 is 6.67. The van der Waals surface area contributed by atoms with Gasteiger partial charge in [0.05, 0.1) is 12.2 Å². The molecule has 2 rings (SSSR count). The Bertz CT molecular complexity index is 301. The fraction of sp³-hybridized carbons (Fsp3) is 0.333. The molecule has 0 amide bonds. The van der Waals surface area contributed by atoms with Crippen molar-refractivity contribution in [2.45, 2.75) is 13.0 Å². The van der Waals surface area contributed by atoms with E-state index in [1.807, 2.05) is 18.2 Å². The van der Waals surface area contributed by atoms with Crippen LogP contribution in [0.5, 0.6) is 5.75 Å². The second-order valence-corrected chi connectivity index (χ2v) is 3.87. The van der Waals surface area contributed by atoms with Crippen LogP contribution < -0.4 is 10.1 Å². The van der Waals surface area contributed by atoms with E-state index < -0.39 is 0 Å². The van der Waals surface area contributed by atoms with Crippen molar-refractivity contribution in [3.05, 3.63) is 22.7 Å². The van der Waals surface area contributed by atoms with Crippen LogP contribution in [-0.4, -0.2) is 12.6 Å². The molecule has 0 saturated heterocycles. The van der Waals surface area contributed by atoms with Gasteiger partial charge in [-0.1, -0.05) is 15.9 Å². The first-order valence-electron chi connectivity index (χ1n) is 3.96. The first-order valence-corrected chi connectivity index (χ1v) is 4.75. The van der Waals surface area contributed by atoms with Crippen molar-refractivity contribution in [1.29, 1.82) is 0 Å². The summed E-state index contributed by atoms with van der Waals surface area (Å²) in [5.41, 5.74) is 1.08. The number of benzene rings is 1. The molecule has 2 nitrogen and oxygen atoms in total. The Morgan fingerprint density at radius 2 is 2.42 bits per heavy atom. The highest BCUT2D eigenvalue weighted by molar-refractivity contribution is 9.10. The molecule has 1 N–H and O–H groups in total. The van der Waals surface area contributed by atoms with Gasteiger partial charge in [0.25, 0.3) is 0 Å². The van der Waals surface area contributed by atoms with E-state index in [9.17, 15) is 0 Å². The predicted octanol–water partition coefficient (Wildman–Crippen LogP) is 2.64. The van der Waals surface area contributed by atoms with Crippen LogP contribution in [0, 0.1) is 0 Å². The smallest absolute Gasteiger partial charge is 0.144 e. The highest BCUT2D eigenvalue weighted by Gasteiger charge is 2.14. The van der Waals surface area contributed by atoms with E-state index >= 15 is 0 Å². The molecule has 0 saturated carbocycles. The third kappa shape index (κ3) is 1.41. The van der Waals surface area contributed by atoms with Gasteiger partial charge in [-0.2, -0.15) is 0 Å². The molecular weight excluding hydrogens is 218 g/mol. The second kappa shape index (κ2) is 2.98. The molecule has 1 atom stereocenters. The Balaban J connectivity index is 2.37. The van der Waals surface area contributed by atoms with Gasteiger partial charge in [0.2, 0.25) is 0 Å². The summed E-state index contributed by atoms with van der Waals surface area (Å²) in [5, 5.41) is 3.29. The van der Waals surface area contributed by atoms with Crippen LogP contribution in [0.25, 0.3) is 0 Å². The summed E-state index contributed by atoms with van der Waals surface area (Å²) in [6.07, 6.45) is 0.256. The van der Waals surface area contributed by atoms with Crippen LogP contribution >= 0.6 is 15.9 Å². The van der Waals surface area contributed by atoms with Crippen molar-refractivity contribution in [1.82, 2.24) is 0 Å². The molecule has 0 fully saturated rings. The number of hydrogen-bond acceptors (Lipinski definition) is 2. The Morgan fingerprint density at radius 1 is 1.58 bits per heavy atom. The van der Waals surface area contributed by atoms with E-state index in [0.717, 1.165) is 22.5 Å². The molecule has 0 aliphatic carbocycles. The lowest BCUT2D eigenvalue weighted by atomic mass is 10.2. The zero-order valence-corrected chi connectivity index (χ0v) is 8.39. The average molecular weight is 228 g/mol. The first-order chi connectivity index (χ1) is 5.75. The van der Waals surface area contributed by atoms with Crippen molar-refractivity contribution in [2.75, 3.05) is 11.9 Å². The van der Waals surface area contributed by atoms with Crippen molar-refractivity contribution in [3.8, 4) is 5.75 Å². The maximum Gasteiger partial charge on any atom is 0.144 e. The van der Waals surface area contributed by atoms with Gasteiger partial charge in [0, 0.05) is 4.47 Å². The number of halogens is 1. The summed E-state index contributed by atoms with van der Waals surface area (Å²) in [7, 11) is 0. The van der Waals surface area contributed by atoms with Gasteiger partial charge < -0.3 is 10.1 Å². The van der Waals surface area contributed by atoms with Gasteiger partial charge in [-0.3, -0.25) is 0 Å². The number of anilines is 1. The molecule has 64 valence electrons. The summed E-state index contributed by atoms with van der Waals surface area (Å²) in [6.45, 7) is 2.94. The number of ether oxygens (including phenoxy) is 1. The second-order valence-electron chi connectivity index (χ2n) is 2.95. The predicted molar refractivity (Wildman–Crippen MR) is 52.7 cm³/mol. The maximum absolute atomic E-state index is 5.62. The summed E-state index contributed by atoms with van der Waals surface area (Å²) in [6, 6.07) is 6.01. The van der Waals surface area contributed by atoms with Crippen LogP contribution in [0.3, 0.4) is 0 Å². The number of nitrogens with one attached hydrogen (secondary N) is 1. The zero-order chi connectivity index (χ0) is 8.55. The fourth-order valence-corrected chi connectivity index (χ4v) is 1.59. The quantitative estimate of drug-likeness (QED) is 0.736. The van der Waals surface area contributed by atoms with E-state index in [2.05, 4.69) is 28.2 Å². The number of fused-ring (bicyclic) bond motifs is 1. The van der Waals surface area contributed by atoms with E-state index in [4.69, 9.17) is 4.74 Å². The van der Waals surface area contributed by atoms with Crippen molar-refractivity contribution < 1.29 is 4.74 Å². The minimum absolute atomic E-state index is 0.256. The molecule has 1 aliphatic heterocycles. The third-order valence-electron chi connectivity index (χ3n) is 1.85. The molecule has 0 unspecified atom stereocenters. The third-order valence-corrected chi connectivity index (χ3v) is 2.35. The molecule has 3 heteroatoms. The largest absolute Gasteiger partial charge is 0.487 e. The Labute approximate surface area is 80.1 Å². The van der Waals surface area contributed by atoms with Crippen LogP contribution in [-0.2, 0) is 0 Å². The number of hydrogen-bond donors (Lipinski definition) is 1. The standard InChI is InChI=1S/C9H10BrNO/c1-6-5-11-8-3-2-7(10)4-9(8)12-6/h2-4,6,11H,5H2,1H3/t6-/m1/s1. The normalized spacial score (nSPS) is 20.7. The van der Waals surface area contributed by atoms with E-state index in [1.165, 1.54) is 0 Å². The summed E-state index contributed by atoms with van der Waals surface area (Å²) in [5.74, 6) is 0.933. The lowest BCUT2D eigenvalue weighted by Crippen LogP contribution is -2.27. The van der Waals surface area contributed by atoms with Crippen LogP contribution in [0.15, 0.2) is 22.7 Å². The molecule has 0 aromatic heterocycles. The topological polar surface area (TPSA) is 21.3 Å². The Morgan fingerprint density at radius 3 is 3.25 bits per heavy atom. The van der Waals surface area contributed by atoms with Gasteiger partial charge in [-0.05, 0) is 25.1 Å². The Hall–Kier alpha value is -0.700. The highest BCUT2D eigenvalue weighted by atomic mass is 79.9. The Kier molecular flexibility index (Phi) is 1.97. The summed E-state index contributed by atoms with van der Waals surface area (Å²) >= 11 is 3.40. The molecule has 1 aromatic rings. The minimum atomic E-state index is 0.256. The molecule has 1 aromatic carbocycles. The SMILES string of the molecule is C[C@@H]1CNc2ccc(Br)cc2O1. The lowest BCUT2D eigenvalue weighted by Gasteiger charge is -2.24. The van der Waals surface area contributed by atoms with E-state index in [-0.39, 0.29) is 6.10 Å². The molecule has 0 radical (unpaired) electrons. The van der Waals surface area contributed by atoms with Crippen molar-refractivity contribution >= 4 is 21.6 Å². The number of rotatable bonds is 0. The van der Waals surface area contributed by atoms with E-state index in [1.54, 1.807) is 0 Å². The molecule has 0 spiro atoms. The van der Waals surface area contributed by atoms with Crippen molar-refractivity contribution in [2.24, 2.45) is 0 Å². The maximum atomic E-state index is 5.62. The first kappa shape index (κ1) is 7.92. The molecule has 0 bridgehead atoms. The minimum Gasteiger partial charge on any atom is -0.487 e. The zero-order valence-electron chi connectivity index (χ0n) is 6.80. The fourth-order valence-electron chi connectivity index (χ4n) is 1.25. The summed E-state index contributed by atoms with van der Waals surface area (Å²) in [4.78, 5) is 0. The molecule has 1 aliphatic rings. The van der Waals surface area contributed by atoms with Crippen molar-refractivity contribution in [3.63, 3.8) is 0 Å². The molecular formula is C9H10BrNO. The van der Waals surface area contributed by atoms with Crippen LogP contribution in [0.1, 0.15) is 6.92 Å². The van der Waals surface area contributed by atoms with Gasteiger partial charge in [0.1, 0.15) is 11.9 Å². The molecule has 12 heavy (non-hydrogen) atoms.